The van der Waals surface area contributed by atoms with Gasteiger partial charge in [-0.05, 0) is 43.7 Å². The van der Waals surface area contributed by atoms with Gasteiger partial charge in [-0.1, -0.05) is 42.2 Å². The van der Waals surface area contributed by atoms with Gasteiger partial charge >= 0.3 is 11.9 Å². The second-order valence-corrected chi connectivity index (χ2v) is 9.37. The Morgan fingerprint density at radius 2 is 1.84 bits per heavy atom. The Balaban J connectivity index is 1.93. The van der Waals surface area contributed by atoms with Crippen LogP contribution in [-0.4, -0.2) is 48.6 Å². The van der Waals surface area contributed by atoms with Crippen LogP contribution in [0.4, 0.5) is 5.13 Å². The van der Waals surface area contributed by atoms with Gasteiger partial charge in [-0.3, -0.25) is 14.5 Å². The number of hydrogen-bond donors (Lipinski definition) is 1. The molecule has 1 amide bonds. The maximum Gasteiger partial charge on any atom is 0.350 e. The fourth-order valence-corrected chi connectivity index (χ4v) is 5.26. The van der Waals surface area contributed by atoms with Crippen molar-refractivity contribution in [3.8, 4) is 11.5 Å². The van der Waals surface area contributed by atoms with E-state index in [0.29, 0.717) is 28.3 Å². The number of ketones is 1. The molecule has 4 rings (SSSR count). The summed E-state index contributed by atoms with van der Waals surface area (Å²) in [6.07, 6.45) is 1.44. The normalized spacial score (nSPS) is 16.4. The van der Waals surface area contributed by atoms with Crippen LogP contribution in [-0.2, 0) is 14.3 Å². The third-order valence-corrected chi connectivity index (χ3v) is 7.19. The van der Waals surface area contributed by atoms with E-state index in [-0.39, 0.29) is 27.9 Å². The molecule has 2 heterocycles. The fraction of sp³-hybridized carbons (Fsp3) is 0.214. The Hall–Kier alpha value is -4.44. The predicted molar refractivity (Wildman–Crippen MR) is 143 cm³/mol. The van der Waals surface area contributed by atoms with Crippen molar-refractivity contribution < 1.29 is 33.7 Å². The van der Waals surface area contributed by atoms with Gasteiger partial charge in [-0.25, -0.2) is 9.78 Å². The minimum atomic E-state index is -1.07. The molecule has 0 aliphatic carbocycles. The molecule has 0 radical (unpaired) electrons. The van der Waals surface area contributed by atoms with E-state index in [9.17, 15) is 19.5 Å². The summed E-state index contributed by atoms with van der Waals surface area (Å²) in [7, 11) is 3.01. The lowest BCUT2D eigenvalue weighted by Crippen LogP contribution is -2.29. The lowest BCUT2D eigenvalue weighted by atomic mass is 9.94. The Kier molecular flexibility index (Phi) is 7.63. The van der Waals surface area contributed by atoms with E-state index >= 15 is 0 Å². The van der Waals surface area contributed by atoms with Gasteiger partial charge in [0.05, 0.1) is 25.5 Å². The van der Waals surface area contributed by atoms with Crippen molar-refractivity contribution in [2.24, 2.45) is 0 Å². The Labute approximate surface area is 223 Å². The van der Waals surface area contributed by atoms with Crippen molar-refractivity contribution in [2.75, 3.05) is 25.7 Å². The molecule has 9 nitrogen and oxygen atoms in total. The van der Waals surface area contributed by atoms with Gasteiger partial charge in [0.1, 0.15) is 34.8 Å². The van der Waals surface area contributed by atoms with Crippen LogP contribution < -0.4 is 14.4 Å². The molecule has 38 heavy (non-hydrogen) atoms. The largest absolute Gasteiger partial charge is 0.507 e. The summed E-state index contributed by atoms with van der Waals surface area (Å²) >= 11 is 0.921. The summed E-state index contributed by atoms with van der Waals surface area (Å²) in [4.78, 5) is 45.3. The van der Waals surface area contributed by atoms with Gasteiger partial charge in [-0.2, -0.15) is 0 Å². The second-order valence-electron chi connectivity index (χ2n) is 8.39. The molecule has 1 fully saturated rings. The molecule has 0 spiro atoms. The number of methoxy groups -OCH3 is 2. The summed E-state index contributed by atoms with van der Waals surface area (Å²) in [5, 5.41) is 11.5. The second kappa shape index (κ2) is 10.9. The number of aliphatic hydroxyl groups is 1. The highest BCUT2D eigenvalue weighted by atomic mass is 32.1. The molecule has 2 aromatic carbocycles. The first-order valence-corrected chi connectivity index (χ1v) is 12.4. The molecular formula is C28H26N2O7S. The van der Waals surface area contributed by atoms with Gasteiger partial charge in [0, 0.05) is 11.1 Å². The van der Waals surface area contributed by atoms with Crippen molar-refractivity contribution in [1.82, 2.24) is 4.98 Å². The summed E-state index contributed by atoms with van der Waals surface area (Å²) in [6, 6.07) is 10.8. The quantitative estimate of drug-likeness (QED) is 0.145. The van der Waals surface area contributed by atoms with E-state index in [0.717, 1.165) is 16.9 Å². The van der Waals surface area contributed by atoms with Crippen LogP contribution in [0.3, 0.4) is 0 Å². The molecule has 3 aromatic rings. The number of carbonyl (C=O) groups excluding carboxylic acids is 3. The number of benzene rings is 2. The van der Waals surface area contributed by atoms with Crippen LogP contribution in [0, 0.1) is 13.8 Å². The number of aryl methyl sites for hydroxylation is 2. The summed E-state index contributed by atoms with van der Waals surface area (Å²) in [5.41, 5.74) is 1.74. The molecule has 1 N–H and O–H groups in total. The molecule has 1 aliphatic rings. The Morgan fingerprint density at radius 1 is 1.13 bits per heavy atom. The highest BCUT2D eigenvalue weighted by molar-refractivity contribution is 7.17. The number of aromatic nitrogens is 1. The molecule has 0 saturated carbocycles. The smallest absolute Gasteiger partial charge is 0.350 e. The zero-order chi connectivity index (χ0) is 27.6. The van der Waals surface area contributed by atoms with Gasteiger partial charge in [0.15, 0.2) is 5.13 Å². The van der Waals surface area contributed by atoms with Crippen LogP contribution in [0.25, 0.3) is 5.76 Å². The van der Waals surface area contributed by atoms with Crippen molar-refractivity contribution in [2.45, 2.75) is 19.9 Å². The summed E-state index contributed by atoms with van der Waals surface area (Å²) in [6.45, 7) is 6.96. The van der Waals surface area contributed by atoms with E-state index < -0.39 is 23.7 Å². The molecular weight excluding hydrogens is 508 g/mol. The number of nitrogens with zero attached hydrogens (tertiary/aromatic N) is 2. The SMILES string of the molecule is C=CCOC(=O)c1sc(N2C(=O)C(=O)/C(=C(/O)c3ccc(OC)c(C)c3)C2c2ccccc2OC)nc1C. The number of ether oxygens (including phenoxy) is 3. The zero-order valence-electron chi connectivity index (χ0n) is 21.3. The number of aliphatic hydroxyl groups excluding tert-OH is 1. The molecule has 1 unspecified atom stereocenters. The number of anilines is 1. The number of carbonyl (C=O) groups is 3. The van der Waals surface area contributed by atoms with Crippen LogP contribution in [0.2, 0.25) is 0 Å². The number of para-hydroxylation sites is 1. The van der Waals surface area contributed by atoms with E-state index in [2.05, 4.69) is 11.6 Å². The first-order valence-electron chi connectivity index (χ1n) is 11.6. The van der Waals surface area contributed by atoms with Crippen molar-refractivity contribution in [3.63, 3.8) is 0 Å². The van der Waals surface area contributed by atoms with Crippen molar-refractivity contribution in [3.05, 3.63) is 88.0 Å². The van der Waals surface area contributed by atoms with Crippen LogP contribution in [0.1, 0.15) is 38.1 Å². The lowest BCUT2D eigenvalue weighted by molar-refractivity contribution is -0.132. The number of thiazole rings is 1. The van der Waals surface area contributed by atoms with Gasteiger partial charge < -0.3 is 19.3 Å². The molecule has 1 aromatic heterocycles. The molecule has 0 bridgehead atoms. The van der Waals surface area contributed by atoms with Gasteiger partial charge in [-0.15, -0.1) is 0 Å². The highest BCUT2D eigenvalue weighted by Gasteiger charge is 2.49. The average molecular weight is 535 g/mol. The highest BCUT2D eigenvalue weighted by Crippen LogP contribution is 2.46. The average Bonchev–Trinajstić information content (AvgIpc) is 3.43. The van der Waals surface area contributed by atoms with Crippen LogP contribution in [0.15, 0.2) is 60.7 Å². The Bertz CT molecular complexity index is 1470. The van der Waals surface area contributed by atoms with E-state index in [1.807, 2.05) is 0 Å². The maximum atomic E-state index is 13.5. The summed E-state index contributed by atoms with van der Waals surface area (Å²) < 4.78 is 16.0. The molecule has 10 heteroatoms. The fourth-order valence-electron chi connectivity index (χ4n) is 4.27. The van der Waals surface area contributed by atoms with E-state index in [4.69, 9.17) is 14.2 Å². The molecule has 1 saturated heterocycles. The van der Waals surface area contributed by atoms with E-state index in [1.54, 1.807) is 56.3 Å². The number of Topliss-reactive ketones (excluding diaryl/α,β-unsaturated/α-hetero) is 1. The molecule has 1 aliphatic heterocycles. The predicted octanol–water partition coefficient (Wildman–Crippen LogP) is 4.75. The molecule has 1 atom stereocenters. The minimum Gasteiger partial charge on any atom is -0.507 e. The van der Waals surface area contributed by atoms with Crippen LogP contribution >= 0.6 is 11.3 Å². The first-order chi connectivity index (χ1) is 18.2. The first kappa shape index (κ1) is 26.6. The van der Waals surface area contributed by atoms with Gasteiger partial charge in [0.25, 0.3) is 5.78 Å². The molecule has 196 valence electrons. The maximum absolute atomic E-state index is 13.5. The Morgan fingerprint density at radius 3 is 2.50 bits per heavy atom. The number of esters is 1. The standard InChI is InChI=1S/C28H26N2O7S/c1-6-13-37-27(34)25-16(3)29-28(38-25)30-22(18-9-7-8-10-20(18)36-5)21(24(32)26(30)33)23(31)17-11-12-19(35-4)15(2)14-17/h6-12,14,22,31H,1,13H2,2-5H3/b23-21+. The minimum absolute atomic E-state index is 0.0124. The van der Waals surface area contributed by atoms with Crippen LogP contribution in [0.5, 0.6) is 11.5 Å². The van der Waals surface area contributed by atoms with Crippen molar-refractivity contribution in [1.29, 1.82) is 0 Å². The third-order valence-electron chi connectivity index (χ3n) is 6.06. The third kappa shape index (κ3) is 4.66. The lowest BCUT2D eigenvalue weighted by Gasteiger charge is -2.24. The van der Waals surface area contributed by atoms with Gasteiger partial charge in [0.2, 0.25) is 0 Å². The van der Waals surface area contributed by atoms with E-state index in [1.165, 1.54) is 25.2 Å². The number of hydrogen-bond acceptors (Lipinski definition) is 9. The number of rotatable bonds is 8. The number of amides is 1. The van der Waals surface area contributed by atoms with Crippen molar-refractivity contribution >= 4 is 39.9 Å². The monoisotopic (exact) mass is 534 g/mol. The topological polar surface area (TPSA) is 115 Å². The zero-order valence-corrected chi connectivity index (χ0v) is 22.1. The summed E-state index contributed by atoms with van der Waals surface area (Å²) in [5.74, 6) is -1.75.